The van der Waals surface area contributed by atoms with Gasteiger partial charge < -0.3 is 4.57 Å². The Morgan fingerprint density at radius 1 is 1.25 bits per heavy atom. The van der Waals surface area contributed by atoms with Gasteiger partial charge in [0.05, 0.1) is 18.2 Å². The van der Waals surface area contributed by atoms with Crippen LogP contribution in [0.25, 0.3) is 22.2 Å². The van der Waals surface area contributed by atoms with Crippen molar-refractivity contribution in [2.75, 3.05) is 0 Å². The first-order chi connectivity index (χ1) is 9.69. The summed E-state index contributed by atoms with van der Waals surface area (Å²) in [5, 5.41) is 9.98. The van der Waals surface area contributed by atoms with Crippen LogP contribution in [-0.2, 0) is 13.5 Å². The molecule has 4 heteroatoms. The molecule has 0 unspecified atom stereocenters. The van der Waals surface area contributed by atoms with Crippen LogP contribution in [0, 0.1) is 18.3 Å². The van der Waals surface area contributed by atoms with Crippen molar-refractivity contribution in [1.29, 1.82) is 5.26 Å². The molecule has 0 saturated heterocycles. The predicted octanol–water partition coefficient (Wildman–Crippen LogP) is 3.01. The Kier molecular flexibility index (Phi) is 2.96. The quantitative estimate of drug-likeness (QED) is 0.713. The fourth-order valence-electron chi connectivity index (χ4n) is 2.46. The summed E-state index contributed by atoms with van der Waals surface area (Å²) < 4.78 is 2.09. The van der Waals surface area contributed by atoms with E-state index in [0.717, 1.165) is 22.3 Å². The van der Waals surface area contributed by atoms with Gasteiger partial charge in [-0.25, -0.2) is 9.97 Å². The van der Waals surface area contributed by atoms with Gasteiger partial charge in [0.2, 0.25) is 0 Å². The van der Waals surface area contributed by atoms with Crippen molar-refractivity contribution in [3.63, 3.8) is 0 Å². The minimum Gasteiger partial charge on any atom is -0.350 e. The Labute approximate surface area is 117 Å². The zero-order valence-corrected chi connectivity index (χ0v) is 11.5. The van der Waals surface area contributed by atoms with Crippen LogP contribution in [0.4, 0.5) is 0 Å². The number of para-hydroxylation sites is 1. The van der Waals surface area contributed by atoms with E-state index in [0.29, 0.717) is 5.82 Å². The lowest BCUT2D eigenvalue weighted by molar-refractivity contribution is 0.957. The molecule has 0 radical (unpaired) electrons. The van der Waals surface area contributed by atoms with Crippen LogP contribution >= 0.6 is 0 Å². The molecule has 0 bridgehead atoms. The van der Waals surface area contributed by atoms with Crippen molar-refractivity contribution in [2.24, 2.45) is 7.05 Å². The Morgan fingerprint density at radius 2 is 2.05 bits per heavy atom. The van der Waals surface area contributed by atoms with Crippen molar-refractivity contribution in [1.82, 2.24) is 14.5 Å². The minimum atomic E-state index is 0.236. The van der Waals surface area contributed by atoms with Gasteiger partial charge in [0, 0.05) is 35.4 Å². The van der Waals surface area contributed by atoms with Gasteiger partial charge >= 0.3 is 0 Å². The second-order valence-electron chi connectivity index (χ2n) is 4.82. The minimum absolute atomic E-state index is 0.236. The number of aromatic nitrogens is 3. The highest BCUT2D eigenvalue weighted by molar-refractivity contribution is 5.95. The first kappa shape index (κ1) is 12.4. The highest BCUT2D eigenvalue weighted by Crippen LogP contribution is 2.29. The summed E-state index contributed by atoms with van der Waals surface area (Å²) in [6, 6.07) is 12.3. The van der Waals surface area contributed by atoms with Crippen LogP contribution in [0.3, 0.4) is 0 Å². The molecule has 0 spiro atoms. The Hall–Kier alpha value is -2.67. The maximum Gasteiger partial charge on any atom is 0.143 e. The Morgan fingerprint density at radius 3 is 2.85 bits per heavy atom. The summed E-state index contributed by atoms with van der Waals surface area (Å²) in [5.74, 6) is 0.579. The average Bonchev–Trinajstić information content (AvgIpc) is 2.77. The largest absolute Gasteiger partial charge is 0.350 e. The molecule has 3 aromatic rings. The molecule has 0 aliphatic carbocycles. The van der Waals surface area contributed by atoms with E-state index in [9.17, 15) is 0 Å². The molecule has 2 aromatic heterocycles. The summed E-state index contributed by atoms with van der Waals surface area (Å²) in [6.45, 7) is 1.93. The zero-order valence-electron chi connectivity index (χ0n) is 11.5. The summed E-state index contributed by atoms with van der Waals surface area (Å²) in [5.41, 5.74) is 4.00. The van der Waals surface area contributed by atoms with E-state index in [4.69, 9.17) is 5.26 Å². The second kappa shape index (κ2) is 4.78. The van der Waals surface area contributed by atoms with Gasteiger partial charge in [-0.1, -0.05) is 18.2 Å². The first-order valence-corrected chi connectivity index (χ1v) is 6.45. The highest BCUT2D eigenvalue weighted by Gasteiger charge is 2.11. The van der Waals surface area contributed by atoms with Gasteiger partial charge in [-0.2, -0.15) is 5.26 Å². The summed E-state index contributed by atoms with van der Waals surface area (Å²) in [6.07, 6.45) is 2.31. The molecular formula is C16H14N4. The predicted molar refractivity (Wildman–Crippen MR) is 78.0 cm³/mol. The van der Waals surface area contributed by atoms with Gasteiger partial charge in [0.1, 0.15) is 5.82 Å². The van der Waals surface area contributed by atoms with Crippen LogP contribution in [0.15, 0.2) is 36.5 Å². The number of aryl methyl sites for hydroxylation is 2. The fourth-order valence-corrected chi connectivity index (χ4v) is 2.46. The molecule has 1 aromatic carbocycles. The fraction of sp³-hybridized carbons (Fsp3) is 0.188. The van der Waals surface area contributed by atoms with Crippen molar-refractivity contribution in [3.8, 4) is 17.3 Å². The van der Waals surface area contributed by atoms with Crippen molar-refractivity contribution in [2.45, 2.75) is 13.3 Å². The molecule has 0 atom stereocenters. The number of benzene rings is 1. The third-order valence-corrected chi connectivity index (χ3v) is 3.31. The molecular weight excluding hydrogens is 248 g/mol. The van der Waals surface area contributed by atoms with Crippen LogP contribution in [0.5, 0.6) is 0 Å². The molecule has 0 saturated carbocycles. The molecule has 0 fully saturated rings. The van der Waals surface area contributed by atoms with Gasteiger partial charge in [-0.05, 0) is 19.1 Å². The number of rotatable bonds is 2. The molecule has 0 aliphatic rings. The topological polar surface area (TPSA) is 54.5 Å². The Balaban J connectivity index is 2.23. The number of fused-ring (bicyclic) bond motifs is 1. The summed E-state index contributed by atoms with van der Waals surface area (Å²) >= 11 is 0. The zero-order chi connectivity index (χ0) is 14.1. The van der Waals surface area contributed by atoms with Gasteiger partial charge in [0.25, 0.3) is 0 Å². The maximum atomic E-state index is 8.81. The van der Waals surface area contributed by atoms with Gasteiger partial charge in [0.15, 0.2) is 0 Å². The lowest BCUT2D eigenvalue weighted by Gasteiger charge is -2.03. The van der Waals surface area contributed by atoms with E-state index < -0.39 is 0 Å². The van der Waals surface area contributed by atoms with Crippen LogP contribution < -0.4 is 0 Å². The average molecular weight is 262 g/mol. The molecule has 2 heterocycles. The van der Waals surface area contributed by atoms with E-state index in [2.05, 4.69) is 38.9 Å². The third-order valence-electron chi connectivity index (χ3n) is 3.31. The Bertz CT molecular complexity index is 824. The van der Waals surface area contributed by atoms with E-state index in [1.165, 1.54) is 5.52 Å². The van der Waals surface area contributed by atoms with Crippen LogP contribution in [0.2, 0.25) is 0 Å². The lowest BCUT2D eigenvalue weighted by Crippen LogP contribution is -1.97. The maximum absolute atomic E-state index is 8.81. The van der Waals surface area contributed by atoms with E-state index >= 15 is 0 Å². The molecule has 3 rings (SSSR count). The molecule has 0 amide bonds. The molecule has 20 heavy (non-hydrogen) atoms. The third kappa shape index (κ3) is 2.04. The van der Waals surface area contributed by atoms with Crippen molar-refractivity contribution in [3.05, 3.63) is 48.0 Å². The van der Waals surface area contributed by atoms with Crippen molar-refractivity contribution >= 4 is 10.9 Å². The molecule has 0 aliphatic heterocycles. The number of hydrogen-bond acceptors (Lipinski definition) is 3. The number of hydrogen-bond donors (Lipinski definition) is 0. The van der Waals surface area contributed by atoms with E-state index in [-0.39, 0.29) is 6.42 Å². The van der Waals surface area contributed by atoms with E-state index in [1.807, 2.05) is 32.2 Å². The smallest absolute Gasteiger partial charge is 0.143 e. The lowest BCUT2D eigenvalue weighted by atomic mass is 10.1. The van der Waals surface area contributed by atoms with E-state index in [1.54, 1.807) is 0 Å². The van der Waals surface area contributed by atoms with Crippen LogP contribution in [-0.4, -0.2) is 14.5 Å². The van der Waals surface area contributed by atoms with Gasteiger partial charge in [-0.3, -0.25) is 0 Å². The second-order valence-corrected chi connectivity index (χ2v) is 4.82. The molecule has 0 N–H and O–H groups in total. The standard InChI is InChI=1S/C16H14N4/c1-11-9-14(19-16(18-11)7-8-17)13-10-20(2)15-6-4-3-5-12(13)15/h3-6,9-10H,7H2,1-2H3. The number of nitriles is 1. The van der Waals surface area contributed by atoms with Crippen LogP contribution in [0.1, 0.15) is 11.5 Å². The highest BCUT2D eigenvalue weighted by atomic mass is 14.9. The summed E-state index contributed by atoms with van der Waals surface area (Å²) in [4.78, 5) is 8.81. The van der Waals surface area contributed by atoms with Crippen molar-refractivity contribution < 1.29 is 0 Å². The molecule has 98 valence electrons. The SMILES string of the molecule is Cc1cc(-c2cn(C)c3ccccc23)nc(CC#N)n1. The summed E-state index contributed by atoms with van der Waals surface area (Å²) in [7, 11) is 2.02. The normalized spacial score (nSPS) is 10.7. The van der Waals surface area contributed by atoms with Gasteiger partial charge in [-0.15, -0.1) is 0 Å². The number of nitrogens with zero attached hydrogens (tertiary/aromatic N) is 4. The monoisotopic (exact) mass is 262 g/mol. The first-order valence-electron chi connectivity index (χ1n) is 6.45. The molecule has 4 nitrogen and oxygen atoms in total.